The van der Waals surface area contributed by atoms with E-state index >= 15 is 0 Å². The normalized spacial score (nSPS) is 19.4. The van der Waals surface area contributed by atoms with E-state index in [9.17, 15) is 4.79 Å². The quantitative estimate of drug-likeness (QED) is 0.810. The van der Waals surface area contributed by atoms with E-state index in [0.717, 1.165) is 12.0 Å². The molecule has 1 amide bonds. The summed E-state index contributed by atoms with van der Waals surface area (Å²) in [6.07, 6.45) is 1.43. The second-order valence-corrected chi connectivity index (χ2v) is 5.58. The smallest absolute Gasteiger partial charge is 0.226 e. The van der Waals surface area contributed by atoms with Crippen molar-refractivity contribution in [3.8, 4) is 12.1 Å². The summed E-state index contributed by atoms with van der Waals surface area (Å²) in [6.45, 7) is 0.807. The van der Waals surface area contributed by atoms with Gasteiger partial charge in [-0.05, 0) is 30.0 Å². The van der Waals surface area contributed by atoms with E-state index in [1.54, 1.807) is 4.90 Å². The Morgan fingerprint density at radius 2 is 1.76 bits per heavy atom. The minimum Gasteiger partial charge on any atom is -0.340 e. The van der Waals surface area contributed by atoms with Crippen LogP contribution in [0, 0.1) is 28.6 Å². The number of carbonyl (C=O) groups excluding carboxylic acids is 1. The third-order valence-corrected chi connectivity index (χ3v) is 3.96. The predicted octanol–water partition coefficient (Wildman–Crippen LogP) is 3.10. The Morgan fingerprint density at radius 1 is 1.19 bits per heavy atom. The van der Waals surface area contributed by atoms with Crippen molar-refractivity contribution in [3.05, 3.63) is 34.9 Å². The van der Waals surface area contributed by atoms with Crippen LogP contribution in [0.5, 0.6) is 0 Å². The molecule has 0 heterocycles. The van der Waals surface area contributed by atoms with E-state index in [2.05, 4.69) is 0 Å². The Morgan fingerprint density at radius 3 is 2.29 bits per heavy atom. The number of nitriles is 2. The first-order valence-corrected chi connectivity index (χ1v) is 7.33. The molecule has 1 aliphatic carbocycles. The summed E-state index contributed by atoms with van der Waals surface area (Å²) in [7, 11) is 0. The van der Waals surface area contributed by atoms with Gasteiger partial charge >= 0.3 is 0 Å². The molecule has 21 heavy (non-hydrogen) atoms. The highest BCUT2D eigenvalue weighted by Gasteiger charge is 2.45. The lowest BCUT2D eigenvalue weighted by Gasteiger charge is -2.20. The monoisotopic (exact) mass is 301 g/mol. The second kappa shape index (κ2) is 7.11. The van der Waals surface area contributed by atoms with E-state index in [0.29, 0.717) is 31.0 Å². The van der Waals surface area contributed by atoms with Gasteiger partial charge in [0.2, 0.25) is 5.91 Å². The maximum absolute atomic E-state index is 12.4. The van der Waals surface area contributed by atoms with Gasteiger partial charge in [0.15, 0.2) is 0 Å². The van der Waals surface area contributed by atoms with E-state index in [4.69, 9.17) is 22.1 Å². The van der Waals surface area contributed by atoms with Gasteiger partial charge in [-0.25, -0.2) is 0 Å². The van der Waals surface area contributed by atoms with Crippen LogP contribution in [0.2, 0.25) is 5.02 Å². The van der Waals surface area contributed by atoms with Gasteiger partial charge in [0.25, 0.3) is 0 Å². The number of benzene rings is 1. The zero-order chi connectivity index (χ0) is 15.2. The zero-order valence-corrected chi connectivity index (χ0v) is 12.4. The van der Waals surface area contributed by atoms with Crippen molar-refractivity contribution in [3.63, 3.8) is 0 Å². The van der Waals surface area contributed by atoms with Crippen LogP contribution >= 0.6 is 11.6 Å². The molecular formula is C16H16ClN3O. The number of rotatable bonds is 6. The van der Waals surface area contributed by atoms with E-state index in [-0.39, 0.29) is 17.7 Å². The summed E-state index contributed by atoms with van der Waals surface area (Å²) in [5.74, 6) is 0.269. The molecule has 0 aromatic heterocycles. The number of hydrogen-bond acceptors (Lipinski definition) is 3. The fourth-order valence-electron chi connectivity index (χ4n) is 2.48. The Hall–Kier alpha value is -2.04. The molecule has 0 unspecified atom stereocenters. The Balaban J connectivity index is 1.97. The number of carbonyl (C=O) groups is 1. The molecule has 5 heteroatoms. The summed E-state index contributed by atoms with van der Waals surface area (Å²) < 4.78 is 0. The molecule has 4 nitrogen and oxygen atoms in total. The Kier molecular flexibility index (Phi) is 5.20. The molecule has 2 atom stereocenters. The highest BCUT2D eigenvalue weighted by molar-refractivity contribution is 6.30. The fourth-order valence-corrected chi connectivity index (χ4v) is 2.61. The average molecular weight is 302 g/mol. The molecule has 1 fully saturated rings. The molecular weight excluding hydrogens is 286 g/mol. The summed E-state index contributed by atoms with van der Waals surface area (Å²) in [5, 5.41) is 18.0. The molecule has 1 saturated carbocycles. The molecule has 1 aliphatic rings. The van der Waals surface area contributed by atoms with Gasteiger partial charge in [0.1, 0.15) is 0 Å². The van der Waals surface area contributed by atoms with Crippen LogP contribution in [-0.2, 0) is 4.79 Å². The van der Waals surface area contributed by atoms with Crippen molar-refractivity contribution in [1.82, 2.24) is 4.90 Å². The van der Waals surface area contributed by atoms with Crippen LogP contribution in [0.4, 0.5) is 0 Å². The van der Waals surface area contributed by atoms with E-state index in [1.165, 1.54) is 0 Å². The number of hydrogen-bond donors (Lipinski definition) is 0. The van der Waals surface area contributed by atoms with Crippen LogP contribution in [0.25, 0.3) is 0 Å². The number of halogens is 1. The fraction of sp³-hybridized carbons (Fsp3) is 0.438. The third kappa shape index (κ3) is 3.97. The van der Waals surface area contributed by atoms with Crippen molar-refractivity contribution >= 4 is 17.5 Å². The van der Waals surface area contributed by atoms with Gasteiger partial charge < -0.3 is 4.90 Å². The number of amides is 1. The minimum atomic E-state index is -0.0245. The van der Waals surface area contributed by atoms with Gasteiger partial charge in [0, 0.05) is 24.0 Å². The summed E-state index contributed by atoms with van der Waals surface area (Å²) in [4.78, 5) is 14.1. The van der Waals surface area contributed by atoms with Crippen LogP contribution in [-0.4, -0.2) is 23.9 Å². The van der Waals surface area contributed by atoms with Crippen LogP contribution < -0.4 is 0 Å². The maximum atomic E-state index is 12.4. The Bertz CT molecular complexity index is 567. The SMILES string of the molecule is N#CCCN(CCC#N)C(=O)[C@@H]1C[C@H]1c1ccc(Cl)cc1. The molecule has 0 bridgehead atoms. The number of nitrogens with zero attached hydrogens (tertiary/aromatic N) is 3. The predicted molar refractivity (Wildman–Crippen MR) is 79.3 cm³/mol. The lowest BCUT2D eigenvalue weighted by Crippen LogP contribution is -2.34. The minimum absolute atomic E-state index is 0.0245. The molecule has 0 saturated heterocycles. The van der Waals surface area contributed by atoms with Crippen molar-refractivity contribution < 1.29 is 4.79 Å². The third-order valence-electron chi connectivity index (χ3n) is 3.70. The van der Waals surface area contributed by atoms with E-state index in [1.807, 2.05) is 36.4 Å². The molecule has 1 aromatic rings. The lowest BCUT2D eigenvalue weighted by molar-refractivity contribution is -0.132. The first-order chi connectivity index (χ1) is 10.2. The van der Waals surface area contributed by atoms with E-state index < -0.39 is 0 Å². The molecule has 2 rings (SSSR count). The molecule has 108 valence electrons. The second-order valence-electron chi connectivity index (χ2n) is 5.14. The highest BCUT2D eigenvalue weighted by atomic mass is 35.5. The summed E-state index contributed by atoms with van der Waals surface area (Å²) >= 11 is 5.86. The molecule has 0 N–H and O–H groups in total. The van der Waals surface area contributed by atoms with Crippen molar-refractivity contribution in [2.75, 3.05) is 13.1 Å². The molecule has 0 radical (unpaired) electrons. The van der Waals surface area contributed by atoms with Gasteiger partial charge in [-0.3, -0.25) is 4.79 Å². The highest BCUT2D eigenvalue weighted by Crippen LogP contribution is 2.48. The molecule has 0 spiro atoms. The standard InChI is InChI=1S/C16H16ClN3O/c17-13-5-3-12(4-6-13)14-11-15(14)16(21)20(9-1-7-18)10-2-8-19/h3-6,14-15H,1-2,9-11H2/t14-,15+/m0/s1. The average Bonchev–Trinajstić information content (AvgIpc) is 3.28. The lowest BCUT2D eigenvalue weighted by atomic mass is 10.1. The first kappa shape index (κ1) is 15.4. The van der Waals surface area contributed by atoms with Crippen molar-refractivity contribution in [1.29, 1.82) is 10.5 Å². The van der Waals surface area contributed by atoms with Gasteiger partial charge in [-0.2, -0.15) is 10.5 Å². The van der Waals surface area contributed by atoms with Crippen LogP contribution in [0.1, 0.15) is 30.7 Å². The van der Waals surface area contributed by atoms with Crippen molar-refractivity contribution in [2.45, 2.75) is 25.2 Å². The summed E-state index contributed by atoms with van der Waals surface area (Å²) in [5.41, 5.74) is 1.12. The first-order valence-electron chi connectivity index (χ1n) is 6.95. The van der Waals surface area contributed by atoms with Crippen molar-refractivity contribution in [2.24, 2.45) is 5.92 Å². The van der Waals surface area contributed by atoms with Gasteiger partial charge in [-0.15, -0.1) is 0 Å². The van der Waals surface area contributed by atoms with Gasteiger partial charge in [-0.1, -0.05) is 23.7 Å². The topological polar surface area (TPSA) is 67.9 Å². The summed E-state index contributed by atoms with van der Waals surface area (Å²) in [6, 6.07) is 11.7. The van der Waals surface area contributed by atoms with Crippen LogP contribution in [0.3, 0.4) is 0 Å². The van der Waals surface area contributed by atoms with Gasteiger partial charge in [0.05, 0.1) is 25.0 Å². The van der Waals surface area contributed by atoms with Crippen LogP contribution in [0.15, 0.2) is 24.3 Å². The maximum Gasteiger partial charge on any atom is 0.226 e. The zero-order valence-electron chi connectivity index (χ0n) is 11.6. The molecule has 1 aromatic carbocycles. The Labute approximate surface area is 129 Å². The molecule has 0 aliphatic heterocycles. The largest absolute Gasteiger partial charge is 0.340 e.